The van der Waals surface area contributed by atoms with Crippen molar-refractivity contribution in [1.82, 2.24) is 4.72 Å². The van der Waals surface area contributed by atoms with E-state index in [1.807, 2.05) is 10.8 Å². The van der Waals surface area contributed by atoms with Gasteiger partial charge in [-0.05, 0) is 24.3 Å². The van der Waals surface area contributed by atoms with E-state index >= 15 is 0 Å². The molecule has 0 radical (unpaired) electrons. The van der Waals surface area contributed by atoms with Crippen molar-refractivity contribution in [2.24, 2.45) is 0 Å². The van der Waals surface area contributed by atoms with Crippen LogP contribution in [0.5, 0.6) is 11.5 Å². The molecule has 1 heterocycles. The lowest BCUT2D eigenvalue weighted by Crippen LogP contribution is -2.28. The molecule has 0 aliphatic rings. The number of amides is 1. The van der Waals surface area contributed by atoms with Crippen LogP contribution in [-0.4, -0.2) is 27.7 Å². The Morgan fingerprint density at radius 2 is 1.86 bits per heavy atom. The highest BCUT2D eigenvalue weighted by atomic mass is 32.2. The van der Waals surface area contributed by atoms with Gasteiger partial charge in [-0.25, -0.2) is 13.1 Å². The van der Waals surface area contributed by atoms with E-state index in [2.05, 4.69) is 0 Å². The predicted octanol–water partition coefficient (Wildman–Crippen LogP) is 1.56. The van der Waals surface area contributed by atoms with Gasteiger partial charge >= 0.3 is 0 Å². The number of hydrogen-bond acceptors (Lipinski definition) is 6. The molecule has 1 aromatic heterocycles. The van der Waals surface area contributed by atoms with E-state index in [0.29, 0.717) is 17.3 Å². The molecule has 0 spiro atoms. The second-order valence-electron chi connectivity index (χ2n) is 4.41. The zero-order valence-electron chi connectivity index (χ0n) is 12.0. The Bertz CT molecular complexity index is 765. The van der Waals surface area contributed by atoms with Crippen LogP contribution < -0.4 is 14.2 Å². The Morgan fingerprint density at radius 3 is 2.50 bits per heavy atom. The first kappa shape index (κ1) is 15.9. The van der Waals surface area contributed by atoms with Gasteiger partial charge in [0.25, 0.3) is 5.91 Å². The third kappa shape index (κ3) is 4.26. The summed E-state index contributed by atoms with van der Waals surface area (Å²) in [7, 11) is -2.10. The van der Waals surface area contributed by atoms with Crippen LogP contribution in [0, 0.1) is 0 Å². The summed E-state index contributed by atoms with van der Waals surface area (Å²) >= 11 is 0. The molecule has 2 rings (SSSR count). The summed E-state index contributed by atoms with van der Waals surface area (Å²) in [5, 5.41) is 0. The average molecular weight is 325 g/mol. The van der Waals surface area contributed by atoms with Gasteiger partial charge in [0.1, 0.15) is 12.4 Å². The largest absolute Gasteiger partial charge is 0.493 e. The standard InChI is InChI=1S/C14H15NO6S/c1-19-11-5-3-4-6-12(11)20-9-10-7-8-13(21-10)14(16)15-22(2,17)18/h3-8H,9H2,1-2H3,(H,15,16). The molecule has 7 nitrogen and oxygen atoms in total. The number of rotatable bonds is 6. The molecule has 1 aromatic carbocycles. The molecular formula is C14H15NO6S. The monoisotopic (exact) mass is 325 g/mol. The molecule has 0 bridgehead atoms. The van der Waals surface area contributed by atoms with Gasteiger partial charge in [-0.15, -0.1) is 0 Å². The van der Waals surface area contributed by atoms with E-state index in [1.165, 1.54) is 19.2 Å². The molecule has 8 heteroatoms. The van der Waals surface area contributed by atoms with Crippen molar-refractivity contribution in [3.63, 3.8) is 0 Å². The molecule has 0 aliphatic heterocycles. The molecule has 1 amide bonds. The number of nitrogens with one attached hydrogen (secondary N) is 1. The minimum Gasteiger partial charge on any atom is -0.493 e. The normalized spacial score (nSPS) is 11.0. The third-order valence-corrected chi connectivity index (χ3v) is 3.16. The first-order chi connectivity index (χ1) is 10.4. The maximum atomic E-state index is 11.6. The fourth-order valence-electron chi connectivity index (χ4n) is 1.68. The highest BCUT2D eigenvalue weighted by Gasteiger charge is 2.15. The number of para-hydroxylation sites is 2. The smallest absolute Gasteiger partial charge is 0.300 e. The zero-order chi connectivity index (χ0) is 16.2. The van der Waals surface area contributed by atoms with Crippen LogP contribution in [0.25, 0.3) is 0 Å². The van der Waals surface area contributed by atoms with E-state index in [4.69, 9.17) is 13.9 Å². The van der Waals surface area contributed by atoms with E-state index in [-0.39, 0.29) is 12.4 Å². The number of benzene rings is 1. The van der Waals surface area contributed by atoms with Gasteiger partial charge in [0.15, 0.2) is 17.3 Å². The van der Waals surface area contributed by atoms with Crippen molar-refractivity contribution < 1.29 is 27.1 Å². The summed E-state index contributed by atoms with van der Waals surface area (Å²) in [6, 6.07) is 10.0. The molecule has 0 saturated heterocycles. The molecule has 0 saturated carbocycles. The fraction of sp³-hybridized carbons (Fsp3) is 0.214. The van der Waals surface area contributed by atoms with Gasteiger partial charge in [0.05, 0.1) is 13.4 Å². The van der Waals surface area contributed by atoms with Crippen LogP contribution >= 0.6 is 0 Å². The third-order valence-electron chi connectivity index (χ3n) is 2.60. The van der Waals surface area contributed by atoms with Crippen molar-refractivity contribution in [3.8, 4) is 11.5 Å². The summed E-state index contributed by atoms with van der Waals surface area (Å²) in [4.78, 5) is 11.6. The summed E-state index contributed by atoms with van der Waals surface area (Å²) in [5.41, 5.74) is 0. The summed E-state index contributed by atoms with van der Waals surface area (Å²) in [6.45, 7) is 0.0759. The first-order valence-corrected chi connectivity index (χ1v) is 8.15. The molecule has 0 unspecified atom stereocenters. The van der Waals surface area contributed by atoms with Gasteiger partial charge in [-0.1, -0.05) is 12.1 Å². The SMILES string of the molecule is COc1ccccc1OCc1ccc(C(=O)NS(C)(=O)=O)o1. The number of carbonyl (C=O) groups excluding carboxylic acids is 1. The number of hydrogen-bond donors (Lipinski definition) is 1. The van der Waals surface area contributed by atoms with E-state index in [0.717, 1.165) is 6.26 Å². The lowest BCUT2D eigenvalue weighted by atomic mass is 10.3. The Balaban J connectivity index is 2.02. The highest BCUT2D eigenvalue weighted by molar-refractivity contribution is 7.89. The number of ether oxygens (including phenoxy) is 2. The Hall–Kier alpha value is -2.48. The zero-order valence-corrected chi connectivity index (χ0v) is 12.8. The van der Waals surface area contributed by atoms with Crippen molar-refractivity contribution in [3.05, 3.63) is 47.9 Å². The molecule has 1 N–H and O–H groups in total. The maximum Gasteiger partial charge on any atom is 0.300 e. The molecule has 0 fully saturated rings. The van der Waals surface area contributed by atoms with Gasteiger partial charge in [0, 0.05) is 0 Å². The number of carbonyl (C=O) groups is 1. The van der Waals surface area contributed by atoms with Crippen LogP contribution in [0.3, 0.4) is 0 Å². The second kappa shape index (κ2) is 6.52. The van der Waals surface area contributed by atoms with Gasteiger partial charge in [0.2, 0.25) is 10.0 Å². The Kier molecular flexibility index (Phi) is 4.71. The maximum absolute atomic E-state index is 11.6. The molecule has 22 heavy (non-hydrogen) atoms. The van der Waals surface area contributed by atoms with E-state index in [1.54, 1.807) is 18.2 Å². The van der Waals surface area contributed by atoms with Crippen molar-refractivity contribution in [1.29, 1.82) is 0 Å². The first-order valence-electron chi connectivity index (χ1n) is 6.25. The second-order valence-corrected chi connectivity index (χ2v) is 6.16. The molecular weight excluding hydrogens is 310 g/mol. The van der Waals surface area contributed by atoms with Crippen LogP contribution in [0.15, 0.2) is 40.8 Å². The van der Waals surface area contributed by atoms with Crippen LogP contribution in [-0.2, 0) is 16.6 Å². The lowest BCUT2D eigenvalue weighted by molar-refractivity contribution is 0.0950. The Labute approximate surface area is 127 Å². The minimum atomic E-state index is -3.63. The lowest BCUT2D eigenvalue weighted by Gasteiger charge is -2.08. The van der Waals surface area contributed by atoms with E-state index in [9.17, 15) is 13.2 Å². The fourth-order valence-corrected chi connectivity index (χ4v) is 2.12. The Morgan fingerprint density at radius 1 is 1.18 bits per heavy atom. The topological polar surface area (TPSA) is 94.8 Å². The van der Waals surface area contributed by atoms with Gasteiger partial charge in [-0.3, -0.25) is 4.79 Å². The summed E-state index contributed by atoms with van der Waals surface area (Å²) < 4.78 is 39.7. The molecule has 2 aromatic rings. The summed E-state index contributed by atoms with van der Waals surface area (Å²) in [6.07, 6.45) is 0.888. The number of furan rings is 1. The van der Waals surface area contributed by atoms with Crippen molar-refractivity contribution >= 4 is 15.9 Å². The van der Waals surface area contributed by atoms with Crippen molar-refractivity contribution in [2.45, 2.75) is 6.61 Å². The van der Waals surface area contributed by atoms with Crippen LogP contribution in [0.2, 0.25) is 0 Å². The van der Waals surface area contributed by atoms with Crippen LogP contribution in [0.1, 0.15) is 16.3 Å². The predicted molar refractivity (Wildman–Crippen MR) is 78.3 cm³/mol. The van der Waals surface area contributed by atoms with Gasteiger partial charge < -0.3 is 13.9 Å². The van der Waals surface area contributed by atoms with Crippen LogP contribution in [0.4, 0.5) is 0 Å². The quantitative estimate of drug-likeness (QED) is 0.866. The molecule has 0 aliphatic carbocycles. The summed E-state index contributed by atoms with van der Waals surface area (Å²) in [5.74, 6) is 0.548. The van der Waals surface area contributed by atoms with Crippen molar-refractivity contribution in [2.75, 3.05) is 13.4 Å². The number of sulfonamides is 1. The molecule has 118 valence electrons. The minimum absolute atomic E-state index is 0.0759. The van der Waals surface area contributed by atoms with E-state index < -0.39 is 15.9 Å². The highest BCUT2D eigenvalue weighted by Crippen LogP contribution is 2.26. The average Bonchev–Trinajstić information content (AvgIpc) is 2.92. The number of methoxy groups -OCH3 is 1. The van der Waals surface area contributed by atoms with Gasteiger partial charge in [-0.2, -0.15) is 0 Å². The molecule has 0 atom stereocenters.